The highest BCUT2D eigenvalue weighted by Crippen LogP contribution is 2.31. The molecule has 4 rings (SSSR count). The molecule has 0 saturated carbocycles. The maximum Gasteiger partial charge on any atom is 0.243 e. The van der Waals surface area contributed by atoms with Gasteiger partial charge in [0, 0.05) is 6.42 Å². The highest BCUT2D eigenvalue weighted by molar-refractivity contribution is 7.93. The lowest BCUT2D eigenvalue weighted by Gasteiger charge is -2.16. The molecule has 12 heteroatoms. The Morgan fingerprint density at radius 2 is 1.91 bits per heavy atom. The number of methoxy groups -OCH3 is 1. The third-order valence-electron chi connectivity index (χ3n) is 4.64. The van der Waals surface area contributed by atoms with Crippen LogP contribution >= 0.6 is 0 Å². The number of hydrogen-bond acceptors (Lipinski definition) is 8. The largest absolute Gasteiger partial charge is 0.495 e. The van der Waals surface area contributed by atoms with Crippen molar-refractivity contribution in [3.8, 4) is 23.0 Å². The predicted molar refractivity (Wildman–Crippen MR) is 113 cm³/mol. The van der Waals surface area contributed by atoms with Gasteiger partial charge in [0.15, 0.2) is 11.6 Å². The molecule has 1 N–H and O–H groups in total. The summed E-state index contributed by atoms with van der Waals surface area (Å²) in [4.78, 5) is 7.65. The third-order valence-corrected chi connectivity index (χ3v) is 6.33. The summed E-state index contributed by atoms with van der Waals surface area (Å²) >= 11 is 0. The van der Waals surface area contributed by atoms with E-state index in [1.165, 1.54) is 24.9 Å². The van der Waals surface area contributed by atoms with Gasteiger partial charge >= 0.3 is 0 Å². The number of furan rings is 1. The van der Waals surface area contributed by atoms with Gasteiger partial charge in [-0.05, 0) is 31.2 Å². The van der Waals surface area contributed by atoms with Gasteiger partial charge < -0.3 is 9.15 Å². The SMILES string of the molecule is COc1ccccc1-n1c(NS(=O)(=O)C(C)Cc2ncc(F)cn2)nnc1-c1ccco1. The van der Waals surface area contributed by atoms with Crippen LogP contribution in [0.5, 0.6) is 5.75 Å². The number of hydrogen-bond donors (Lipinski definition) is 1. The number of nitrogens with zero attached hydrogens (tertiary/aromatic N) is 5. The van der Waals surface area contributed by atoms with E-state index < -0.39 is 21.1 Å². The minimum atomic E-state index is -3.95. The molecule has 1 unspecified atom stereocenters. The fourth-order valence-corrected chi connectivity index (χ4v) is 3.95. The lowest BCUT2D eigenvalue weighted by Crippen LogP contribution is -2.29. The summed E-state index contributed by atoms with van der Waals surface area (Å²) in [5, 5.41) is 7.21. The molecule has 166 valence electrons. The molecule has 10 nitrogen and oxygen atoms in total. The summed E-state index contributed by atoms with van der Waals surface area (Å²) in [5.41, 5.74) is 0.513. The zero-order valence-corrected chi connectivity index (χ0v) is 18.0. The van der Waals surface area contributed by atoms with Gasteiger partial charge in [-0.25, -0.2) is 22.8 Å². The number of sulfonamides is 1. The molecule has 1 atom stereocenters. The standard InChI is InChI=1S/C20H19FN6O4S/c1-13(10-18-22-11-14(21)12-23-18)32(28,29)26-20-25-24-19(17-8-5-9-31-17)27(20)15-6-3-4-7-16(15)30-2/h3-9,11-13H,10H2,1-2H3,(H,25,26). The van der Waals surface area contributed by atoms with Crippen LogP contribution in [0.4, 0.5) is 10.3 Å². The van der Waals surface area contributed by atoms with Crippen LogP contribution in [0.2, 0.25) is 0 Å². The first-order chi connectivity index (χ1) is 15.4. The van der Waals surface area contributed by atoms with Crippen LogP contribution in [0.3, 0.4) is 0 Å². The molecule has 0 amide bonds. The summed E-state index contributed by atoms with van der Waals surface area (Å²) in [6.07, 6.45) is 3.43. The molecule has 0 aliphatic heterocycles. The molecule has 0 bridgehead atoms. The van der Waals surface area contributed by atoms with Crippen molar-refractivity contribution in [2.45, 2.75) is 18.6 Å². The number of nitrogens with one attached hydrogen (secondary N) is 1. The van der Waals surface area contributed by atoms with Crippen LogP contribution < -0.4 is 9.46 Å². The molecule has 0 spiro atoms. The van der Waals surface area contributed by atoms with Crippen LogP contribution in [0.15, 0.2) is 59.5 Å². The maximum absolute atomic E-state index is 13.0. The summed E-state index contributed by atoms with van der Waals surface area (Å²) in [5.74, 6) is 0.707. The monoisotopic (exact) mass is 458 g/mol. The number of rotatable bonds is 8. The molecule has 0 radical (unpaired) electrons. The van der Waals surface area contributed by atoms with E-state index in [0.29, 0.717) is 17.2 Å². The van der Waals surface area contributed by atoms with Gasteiger partial charge in [0.25, 0.3) is 0 Å². The molecule has 32 heavy (non-hydrogen) atoms. The third kappa shape index (κ3) is 4.30. The second-order valence-electron chi connectivity index (χ2n) is 6.81. The summed E-state index contributed by atoms with van der Waals surface area (Å²) in [6, 6.07) is 10.4. The normalized spacial score (nSPS) is 12.5. The van der Waals surface area contributed by atoms with E-state index in [4.69, 9.17) is 9.15 Å². The number of aromatic nitrogens is 5. The van der Waals surface area contributed by atoms with Crippen molar-refractivity contribution in [1.29, 1.82) is 0 Å². The minimum Gasteiger partial charge on any atom is -0.495 e. The van der Waals surface area contributed by atoms with Crippen molar-refractivity contribution in [3.05, 3.63) is 66.7 Å². The predicted octanol–water partition coefficient (Wildman–Crippen LogP) is 2.84. The van der Waals surface area contributed by atoms with Crippen molar-refractivity contribution in [1.82, 2.24) is 24.7 Å². The van der Waals surface area contributed by atoms with Crippen LogP contribution in [0.25, 0.3) is 17.3 Å². The van der Waals surface area contributed by atoms with Crippen LogP contribution in [0.1, 0.15) is 12.7 Å². The Kier molecular flexibility index (Phi) is 5.86. The Hall–Kier alpha value is -3.80. The summed E-state index contributed by atoms with van der Waals surface area (Å²) in [6.45, 7) is 1.49. The lowest BCUT2D eigenvalue weighted by atomic mass is 10.2. The Bertz CT molecular complexity index is 1310. The first kappa shape index (κ1) is 21.4. The highest BCUT2D eigenvalue weighted by Gasteiger charge is 2.27. The Morgan fingerprint density at radius 1 is 1.16 bits per heavy atom. The second kappa shape index (κ2) is 8.75. The van der Waals surface area contributed by atoms with Gasteiger partial charge in [0.2, 0.25) is 21.8 Å². The van der Waals surface area contributed by atoms with E-state index in [2.05, 4.69) is 24.9 Å². The van der Waals surface area contributed by atoms with Gasteiger partial charge in [0.05, 0.1) is 36.7 Å². The van der Waals surface area contributed by atoms with Crippen LogP contribution in [-0.4, -0.2) is 45.5 Å². The number of ether oxygens (including phenoxy) is 1. The molecule has 0 saturated heterocycles. The Labute approximate surface area is 183 Å². The van der Waals surface area contributed by atoms with Crippen molar-refractivity contribution in [3.63, 3.8) is 0 Å². The number of para-hydroxylation sites is 2. The first-order valence-corrected chi connectivity index (χ1v) is 11.0. The van der Waals surface area contributed by atoms with Crippen LogP contribution in [-0.2, 0) is 16.4 Å². The molecule has 1 aromatic carbocycles. The molecule has 3 heterocycles. The van der Waals surface area contributed by atoms with Crippen molar-refractivity contribution >= 4 is 16.0 Å². The average Bonchev–Trinajstić information content (AvgIpc) is 3.45. The zero-order chi connectivity index (χ0) is 22.7. The van der Waals surface area contributed by atoms with Crippen molar-refractivity contribution in [2.75, 3.05) is 11.8 Å². The van der Waals surface area contributed by atoms with E-state index >= 15 is 0 Å². The summed E-state index contributed by atoms with van der Waals surface area (Å²) < 4.78 is 54.0. The zero-order valence-electron chi connectivity index (χ0n) is 17.1. The number of benzene rings is 1. The molecular formula is C20H19FN6O4S. The fraction of sp³-hybridized carbons (Fsp3) is 0.200. The quantitative estimate of drug-likeness (QED) is 0.427. The fourth-order valence-electron chi connectivity index (χ4n) is 3.00. The second-order valence-corrected chi connectivity index (χ2v) is 8.91. The highest BCUT2D eigenvalue weighted by atomic mass is 32.2. The average molecular weight is 458 g/mol. The molecule has 0 aliphatic carbocycles. The van der Waals surface area contributed by atoms with E-state index in [-0.39, 0.29) is 24.0 Å². The van der Waals surface area contributed by atoms with Gasteiger partial charge in [-0.1, -0.05) is 12.1 Å². The molecule has 0 fully saturated rings. The Balaban J connectivity index is 1.71. The van der Waals surface area contributed by atoms with Gasteiger partial charge in [0.1, 0.15) is 11.6 Å². The van der Waals surface area contributed by atoms with Gasteiger partial charge in [-0.2, -0.15) is 0 Å². The van der Waals surface area contributed by atoms with Crippen LogP contribution in [0, 0.1) is 5.82 Å². The smallest absolute Gasteiger partial charge is 0.243 e. The van der Waals surface area contributed by atoms with E-state index in [0.717, 1.165) is 12.4 Å². The summed E-state index contributed by atoms with van der Waals surface area (Å²) in [7, 11) is -2.44. The van der Waals surface area contributed by atoms with Crippen molar-refractivity contribution in [2.24, 2.45) is 0 Å². The van der Waals surface area contributed by atoms with Gasteiger partial charge in [-0.15, -0.1) is 10.2 Å². The Morgan fingerprint density at radius 3 is 2.59 bits per heavy atom. The van der Waals surface area contributed by atoms with E-state index in [1.807, 2.05) is 0 Å². The lowest BCUT2D eigenvalue weighted by molar-refractivity contribution is 0.413. The maximum atomic E-state index is 13.0. The van der Waals surface area contributed by atoms with E-state index in [9.17, 15) is 12.8 Å². The molecule has 3 aromatic heterocycles. The molecule has 0 aliphatic rings. The van der Waals surface area contributed by atoms with Crippen molar-refractivity contribution < 1.29 is 22.0 Å². The molecule has 4 aromatic rings. The minimum absolute atomic E-state index is 0.0244. The van der Waals surface area contributed by atoms with Gasteiger partial charge in [-0.3, -0.25) is 9.29 Å². The molecular weight excluding hydrogens is 439 g/mol. The van der Waals surface area contributed by atoms with E-state index in [1.54, 1.807) is 36.4 Å². The number of anilines is 1. The topological polar surface area (TPSA) is 125 Å². The number of halogens is 1. The first-order valence-electron chi connectivity index (χ1n) is 9.50.